The first-order chi connectivity index (χ1) is 24.9. The van der Waals surface area contributed by atoms with Crippen LogP contribution in [0.15, 0.2) is 12.7 Å². The van der Waals surface area contributed by atoms with Crippen molar-refractivity contribution in [3.63, 3.8) is 0 Å². The summed E-state index contributed by atoms with van der Waals surface area (Å²) in [4.78, 5) is 98.4. The largest absolute Gasteiger partial charge is 0.508 e. The van der Waals surface area contributed by atoms with E-state index >= 15 is 0 Å². The van der Waals surface area contributed by atoms with Gasteiger partial charge in [0.25, 0.3) is 0 Å². The van der Waals surface area contributed by atoms with E-state index < -0.39 is 135 Å². The molecule has 0 spiro atoms. The van der Waals surface area contributed by atoms with Gasteiger partial charge in [0, 0.05) is 48.5 Å². The van der Waals surface area contributed by atoms with Gasteiger partial charge in [-0.05, 0) is 0 Å². The van der Waals surface area contributed by atoms with Crippen LogP contribution in [0.3, 0.4) is 0 Å². The second kappa shape index (κ2) is 19.3. The number of esters is 7. The highest BCUT2D eigenvalue weighted by Gasteiger charge is 2.60. The lowest BCUT2D eigenvalue weighted by Gasteiger charge is -2.49. The van der Waals surface area contributed by atoms with Crippen LogP contribution >= 0.6 is 0 Å². The van der Waals surface area contributed by atoms with Crippen molar-refractivity contribution in [1.29, 1.82) is 0 Å². The summed E-state index contributed by atoms with van der Waals surface area (Å²) in [7, 11) is 0. The fraction of sp³-hybridized carbons (Fsp3) is 0.688. The van der Waals surface area contributed by atoms with Crippen LogP contribution in [0.4, 0.5) is 4.79 Å². The quantitative estimate of drug-likeness (QED) is 0.118. The van der Waals surface area contributed by atoms with Gasteiger partial charge in [0.1, 0.15) is 31.5 Å². The van der Waals surface area contributed by atoms with Crippen molar-refractivity contribution in [3.8, 4) is 0 Å². The van der Waals surface area contributed by atoms with E-state index in [2.05, 4.69) is 6.58 Å². The summed E-state index contributed by atoms with van der Waals surface area (Å²) in [5, 5.41) is 0. The fourth-order valence-corrected chi connectivity index (χ4v) is 5.71. The highest BCUT2D eigenvalue weighted by molar-refractivity contribution is 5.69. The molecule has 0 unspecified atom stereocenters. The molecule has 0 aromatic heterocycles. The van der Waals surface area contributed by atoms with Gasteiger partial charge in [0.05, 0.1) is 6.61 Å². The molecular formula is C32H42O21. The standard InChI is InChI=1S/C32H42O21/c1-9-10-41-30-28(48-18(7)38)27(25(46-16(5)36)22(51-30)20(44-14(3)34)11-42-13(2)33)53-31-29(49-19(8)39)26(47-17(6)37)24(45-15(4)35)23(52-31)21-12-43-32(40)50-21/h9,20-31H,1,10-12H2,2-8H3/t20-,21-,22+,23+,24+,25+,26-,27-,28-,29-,30-,31+/m0/s1. The van der Waals surface area contributed by atoms with Gasteiger partial charge >= 0.3 is 47.9 Å². The SMILES string of the molecule is C=CCO[C@H]1O[C@H]([C@H](COC(C)=O)OC(C)=O)[C@@H](OC(C)=O)[C@H](O[C@H]2O[C@H]([C@@H]3COC(=O)O3)[C@@H](OC(C)=O)[C@H](OC(C)=O)[C@@H]2OC(C)=O)[C@@H]1OC(C)=O. The van der Waals surface area contributed by atoms with E-state index in [1.165, 1.54) is 6.08 Å². The van der Waals surface area contributed by atoms with Crippen molar-refractivity contribution < 1.29 is 99.9 Å². The molecule has 53 heavy (non-hydrogen) atoms. The molecule has 0 N–H and O–H groups in total. The number of carbonyl (C=O) groups is 8. The molecule has 3 aliphatic rings. The Morgan fingerprint density at radius 1 is 0.679 bits per heavy atom. The van der Waals surface area contributed by atoms with Crippen LogP contribution in [0.25, 0.3) is 0 Å². The van der Waals surface area contributed by atoms with Crippen molar-refractivity contribution in [2.45, 2.75) is 122 Å². The Hall–Kier alpha value is -4.86. The molecule has 296 valence electrons. The lowest BCUT2D eigenvalue weighted by atomic mass is 9.92. The third-order valence-corrected chi connectivity index (χ3v) is 7.36. The second-order valence-electron chi connectivity index (χ2n) is 11.7. The monoisotopic (exact) mass is 762 g/mol. The number of cyclic esters (lactones) is 2. The molecule has 0 aliphatic carbocycles. The molecule has 0 saturated carbocycles. The minimum atomic E-state index is -1.93. The minimum Gasteiger partial charge on any atom is -0.462 e. The highest BCUT2D eigenvalue weighted by Crippen LogP contribution is 2.38. The van der Waals surface area contributed by atoms with Crippen molar-refractivity contribution >= 4 is 47.9 Å². The summed E-state index contributed by atoms with van der Waals surface area (Å²) in [5.74, 6) is -6.36. The average Bonchev–Trinajstić information content (AvgIpc) is 3.47. The van der Waals surface area contributed by atoms with Gasteiger partial charge in [-0.15, -0.1) is 6.58 Å². The van der Waals surface area contributed by atoms with Gasteiger partial charge in [-0.2, -0.15) is 0 Å². The van der Waals surface area contributed by atoms with Gasteiger partial charge in [0.15, 0.2) is 55.3 Å². The summed E-state index contributed by atoms with van der Waals surface area (Å²) in [5.41, 5.74) is 0. The molecule has 0 aromatic rings. The summed E-state index contributed by atoms with van der Waals surface area (Å²) in [6.07, 6.45) is -19.7. The van der Waals surface area contributed by atoms with Gasteiger partial charge in [-0.3, -0.25) is 33.6 Å². The van der Waals surface area contributed by atoms with Crippen LogP contribution < -0.4 is 0 Å². The number of carbonyl (C=O) groups excluding carboxylic acids is 8. The molecule has 3 saturated heterocycles. The molecule has 3 aliphatic heterocycles. The summed E-state index contributed by atoms with van der Waals surface area (Å²) < 4.78 is 72.6. The van der Waals surface area contributed by atoms with Crippen LogP contribution in [-0.2, 0) is 95.1 Å². The first-order valence-electron chi connectivity index (χ1n) is 16.1. The van der Waals surface area contributed by atoms with E-state index in [1.807, 2.05) is 0 Å². The van der Waals surface area contributed by atoms with Gasteiger partial charge in [-0.25, -0.2) is 4.79 Å². The average molecular weight is 763 g/mol. The predicted octanol–water partition coefficient (Wildman–Crippen LogP) is -0.287. The smallest absolute Gasteiger partial charge is 0.462 e. The Labute approximate surface area is 302 Å². The zero-order valence-electron chi connectivity index (χ0n) is 29.9. The molecule has 0 aromatic carbocycles. The van der Waals surface area contributed by atoms with E-state index in [0.29, 0.717) is 0 Å². The van der Waals surface area contributed by atoms with Crippen molar-refractivity contribution in [3.05, 3.63) is 12.7 Å². The Bertz CT molecular complexity index is 1390. The topological polar surface area (TPSA) is 257 Å². The van der Waals surface area contributed by atoms with Crippen LogP contribution in [0, 0.1) is 0 Å². The van der Waals surface area contributed by atoms with E-state index in [0.717, 1.165) is 48.5 Å². The van der Waals surface area contributed by atoms with E-state index in [9.17, 15) is 38.4 Å². The lowest BCUT2D eigenvalue weighted by molar-refractivity contribution is -0.367. The zero-order valence-corrected chi connectivity index (χ0v) is 29.9. The number of hydrogen-bond donors (Lipinski definition) is 0. The predicted molar refractivity (Wildman–Crippen MR) is 165 cm³/mol. The Kier molecular flexibility index (Phi) is 15.5. The van der Waals surface area contributed by atoms with Gasteiger partial charge in [-0.1, -0.05) is 6.08 Å². The van der Waals surface area contributed by atoms with Crippen LogP contribution in [0.2, 0.25) is 0 Å². The van der Waals surface area contributed by atoms with Crippen LogP contribution in [-0.4, -0.2) is 141 Å². The van der Waals surface area contributed by atoms with Crippen LogP contribution in [0.5, 0.6) is 0 Å². The molecule has 3 fully saturated rings. The van der Waals surface area contributed by atoms with Crippen LogP contribution in [0.1, 0.15) is 48.5 Å². The van der Waals surface area contributed by atoms with E-state index in [-0.39, 0.29) is 6.61 Å². The molecule has 0 amide bonds. The summed E-state index contributed by atoms with van der Waals surface area (Å²) in [6.45, 7) is 9.45. The lowest BCUT2D eigenvalue weighted by Crippen LogP contribution is -2.69. The van der Waals surface area contributed by atoms with Gasteiger partial charge in [0.2, 0.25) is 0 Å². The second-order valence-corrected chi connectivity index (χ2v) is 11.7. The third kappa shape index (κ3) is 12.1. The summed E-state index contributed by atoms with van der Waals surface area (Å²) >= 11 is 0. The van der Waals surface area contributed by atoms with Gasteiger partial charge < -0.3 is 61.6 Å². The molecule has 0 radical (unpaired) electrons. The number of ether oxygens (including phenoxy) is 13. The first kappa shape index (κ1) is 42.6. The maximum absolute atomic E-state index is 12.6. The molecule has 3 rings (SSSR count). The van der Waals surface area contributed by atoms with E-state index in [1.54, 1.807) is 0 Å². The Morgan fingerprint density at radius 2 is 1.21 bits per heavy atom. The minimum absolute atomic E-state index is 0.230. The van der Waals surface area contributed by atoms with Crippen molar-refractivity contribution in [2.24, 2.45) is 0 Å². The normalized spacial score (nSPS) is 31.3. The van der Waals surface area contributed by atoms with E-state index in [4.69, 9.17) is 61.6 Å². The zero-order chi connectivity index (χ0) is 39.6. The molecule has 3 heterocycles. The number of hydrogen-bond acceptors (Lipinski definition) is 21. The Morgan fingerprint density at radius 3 is 1.70 bits per heavy atom. The number of rotatable bonds is 15. The highest BCUT2D eigenvalue weighted by atomic mass is 16.8. The Balaban J connectivity index is 2.26. The first-order valence-corrected chi connectivity index (χ1v) is 16.1. The maximum atomic E-state index is 12.6. The van der Waals surface area contributed by atoms with Crippen molar-refractivity contribution in [1.82, 2.24) is 0 Å². The fourth-order valence-electron chi connectivity index (χ4n) is 5.71. The third-order valence-electron chi connectivity index (χ3n) is 7.36. The summed E-state index contributed by atoms with van der Waals surface area (Å²) in [6, 6.07) is 0. The molecule has 21 nitrogen and oxygen atoms in total. The molecular weight excluding hydrogens is 720 g/mol. The van der Waals surface area contributed by atoms with Crippen molar-refractivity contribution in [2.75, 3.05) is 19.8 Å². The molecule has 0 bridgehead atoms. The maximum Gasteiger partial charge on any atom is 0.508 e. The molecule has 21 heteroatoms. The molecule has 12 atom stereocenters.